The van der Waals surface area contributed by atoms with Gasteiger partial charge < -0.3 is 5.11 Å². The van der Waals surface area contributed by atoms with Gasteiger partial charge in [0.15, 0.2) is 0 Å². The Morgan fingerprint density at radius 1 is 1.27 bits per heavy atom. The van der Waals surface area contributed by atoms with Crippen LogP contribution in [0.1, 0.15) is 21.6 Å². The van der Waals surface area contributed by atoms with Gasteiger partial charge in [-0.05, 0) is 31.5 Å². The average Bonchev–Trinajstić information content (AvgIpc) is 2.16. The molecular weight excluding hydrogens is 190 g/mol. The van der Waals surface area contributed by atoms with E-state index < -0.39 is 5.97 Å². The summed E-state index contributed by atoms with van der Waals surface area (Å²) in [4.78, 5) is 14.9. The number of aryl methyl sites for hydroxylation is 2. The highest BCUT2D eigenvalue weighted by atomic mass is 16.4. The van der Waals surface area contributed by atoms with E-state index in [0.29, 0.717) is 0 Å². The van der Waals surface area contributed by atoms with Crippen LogP contribution in [0.5, 0.6) is 0 Å². The molecule has 1 aromatic heterocycles. The summed E-state index contributed by atoms with van der Waals surface area (Å²) < 4.78 is 0. The van der Waals surface area contributed by atoms with Gasteiger partial charge in [-0.15, -0.1) is 0 Å². The summed E-state index contributed by atoms with van der Waals surface area (Å²) in [5.41, 5.74) is 3.02. The predicted molar refractivity (Wildman–Crippen MR) is 58.2 cm³/mol. The van der Waals surface area contributed by atoms with Crippen molar-refractivity contribution in [3.8, 4) is 0 Å². The third-order valence-electron chi connectivity index (χ3n) is 2.35. The summed E-state index contributed by atoms with van der Waals surface area (Å²) in [7, 11) is 0. The number of carboxylic acids is 1. The molecule has 0 amide bonds. The SMILES string of the molecule is Cc1cc(C)c2nc(C(=O)O)ccc2c1. The van der Waals surface area contributed by atoms with Gasteiger partial charge in [-0.25, -0.2) is 9.78 Å². The van der Waals surface area contributed by atoms with Crippen molar-refractivity contribution < 1.29 is 9.90 Å². The van der Waals surface area contributed by atoms with Crippen LogP contribution in [0.25, 0.3) is 10.9 Å². The van der Waals surface area contributed by atoms with Crippen LogP contribution >= 0.6 is 0 Å². The Bertz CT molecular complexity index is 547. The molecule has 2 aromatic rings. The van der Waals surface area contributed by atoms with Gasteiger partial charge in [0.25, 0.3) is 0 Å². The number of hydrogen-bond donors (Lipinski definition) is 1. The Labute approximate surface area is 87.4 Å². The number of carboxylic acid groups (broad SMARTS) is 1. The molecule has 0 spiro atoms. The van der Waals surface area contributed by atoms with Crippen LogP contribution in [-0.2, 0) is 0 Å². The van der Waals surface area contributed by atoms with Gasteiger partial charge in [-0.1, -0.05) is 17.7 Å². The van der Waals surface area contributed by atoms with Gasteiger partial charge in [-0.3, -0.25) is 0 Å². The first-order valence-electron chi connectivity index (χ1n) is 4.69. The first kappa shape index (κ1) is 9.65. The third kappa shape index (κ3) is 1.68. The van der Waals surface area contributed by atoms with E-state index in [4.69, 9.17) is 5.11 Å². The number of rotatable bonds is 1. The summed E-state index contributed by atoms with van der Waals surface area (Å²) in [6, 6.07) is 7.33. The van der Waals surface area contributed by atoms with Gasteiger partial charge in [-0.2, -0.15) is 0 Å². The first-order chi connectivity index (χ1) is 7.08. The maximum absolute atomic E-state index is 10.8. The standard InChI is InChI=1S/C12H11NO2/c1-7-5-8(2)11-9(6-7)3-4-10(13-11)12(14)15/h3-6H,1-2H3,(H,14,15). The van der Waals surface area contributed by atoms with Crippen molar-refractivity contribution in [2.24, 2.45) is 0 Å². The number of hydrogen-bond acceptors (Lipinski definition) is 2. The number of aromatic nitrogens is 1. The second-order valence-electron chi connectivity index (χ2n) is 3.66. The molecule has 2 rings (SSSR count). The van der Waals surface area contributed by atoms with Crippen molar-refractivity contribution in [1.29, 1.82) is 0 Å². The largest absolute Gasteiger partial charge is 0.477 e. The normalized spacial score (nSPS) is 10.5. The van der Waals surface area contributed by atoms with Crippen LogP contribution in [-0.4, -0.2) is 16.1 Å². The summed E-state index contributed by atoms with van der Waals surface area (Å²) in [6.07, 6.45) is 0. The first-order valence-corrected chi connectivity index (χ1v) is 4.69. The molecule has 76 valence electrons. The number of pyridine rings is 1. The Kier molecular flexibility index (Phi) is 2.15. The maximum atomic E-state index is 10.8. The Balaban J connectivity index is 2.76. The molecule has 0 fully saturated rings. The zero-order valence-electron chi connectivity index (χ0n) is 8.61. The van der Waals surface area contributed by atoms with E-state index >= 15 is 0 Å². The van der Waals surface area contributed by atoms with Gasteiger partial charge in [0.05, 0.1) is 5.52 Å². The molecule has 3 heteroatoms. The quantitative estimate of drug-likeness (QED) is 0.771. The zero-order chi connectivity index (χ0) is 11.0. The fraction of sp³-hybridized carbons (Fsp3) is 0.167. The second kappa shape index (κ2) is 3.35. The molecule has 0 unspecified atom stereocenters. The van der Waals surface area contributed by atoms with Crippen LogP contribution < -0.4 is 0 Å². The lowest BCUT2D eigenvalue weighted by Crippen LogP contribution is -2.00. The van der Waals surface area contributed by atoms with Gasteiger partial charge in [0.2, 0.25) is 0 Å². The Morgan fingerprint density at radius 3 is 2.67 bits per heavy atom. The van der Waals surface area contributed by atoms with E-state index in [1.165, 1.54) is 6.07 Å². The molecule has 3 nitrogen and oxygen atoms in total. The van der Waals surface area contributed by atoms with Gasteiger partial charge in [0, 0.05) is 5.39 Å². The van der Waals surface area contributed by atoms with Gasteiger partial charge >= 0.3 is 5.97 Å². The maximum Gasteiger partial charge on any atom is 0.354 e. The lowest BCUT2D eigenvalue weighted by Gasteiger charge is -2.04. The number of aromatic carboxylic acids is 1. The molecule has 0 bridgehead atoms. The number of fused-ring (bicyclic) bond motifs is 1. The average molecular weight is 201 g/mol. The van der Waals surface area contributed by atoms with Crippen molar-refractivity contribution in [2.45, 2.75) is 13.8 Å². The van der Waals surface area contributed by atoms with Crippen LogP contribution in [0.3, 0.4) is 0 Å². The third-order valence-corrected chi connectivity index (χ3v) is 2.35. The van der Waals surface area contributed by atoms with E-state index in [1.54, 1.807) is 6.07 Å². The van der Waals surface area contributed by atoms with Gasteiger partial charge in [0.1, 0.15) is 5.69 Å². The predicted octanol–water partition coefficient (Wildman–Crippen LogP) is 2.55. The highest BCUT2D eigenvalue weighted by Gasteiger charge is 2.07. The molecule has 0 aliphatic carbocycles. The summed E-state index contributed by atoms with van der Waals surface area (Å²) in [5, 5.41) is 9.81. The molecule has 0 saturated carbocycles. The van der Waals surface area contributed by atoms with Crippen LogP contribution in [0.15, 0.2) is 24.3 Å². The lowest BCUT2D eigenvalue weighted by atomic mass is 10.1. The van der Waals surface area contributed by atoms with Crippen molar-refractivity contribution in [2.75, 3.05) is 0 Å². The van der Waals surface area contributed by atoms with Crippen LogP contribution in [0.4, 0.5) is 0 Å². The number of carbonyl (C=O) groups is 1. The van der Waals surface area contributed by atoms with E-state index in [9.17, 15) is 4.79 Å². The Hall–Kier alpha value is -1.90. The second-order valence-corrected chi connectivity index (χ2v) is 3.66. The topological polar surface area (TPSA) is 50.2 Å². The molecule has 0 saturated heterocycles. The minimum Gasteiger partial charge on any atom is -0.477 e. The molecule has 1 N–H and O–H groups in total. The fourth-order valence-electron chi connectivity index (χ4n) is 1.72. The minimum absolute atomic E-state index is 0.0921. The van der Waals surface area contributed by atoms with Crippen LogP contribution in [0.2, 0.25) is 0 Å². The van der Waals surface area contributed by atoms with Crippen LogP contribution in [0, 0.1) is 13.8 Å². The zero-order valence-corrected chi connectivity index (χ0v) is 8.61. The van der Waals surface area contributed by atoms with E-state index in [0.717, 1.165) is 22.0 Å². The molecule has 0 aliphatic heterocycles. The summed E-state index contributed by atoms with van der Waals surface area (Å²) >= 11 is 0. The van der Waals surface area contributed by atoms with E-state index in [-0.39, 0.29) is 5.69 Å². The lowest BCUT2D eigenvalue weighted by molar-refractivity contribution is 0.0691. The highest BCUT2D eigenvalue weighted by Crippen LogP contribution is 2.18. The van der Waals surface area contributed by atoms with E-state index in [1.807, 2.05) is 26.0 Å². The Morgan fingerprint density at radius 2 is 2.00 bits per heavy atom. The monoisotopic (exact) mass is 201 g/mol. The van der Waals surface area contributed by atoms with E-state index in [2.05, 4.69) is 4.98 Å². The molecule has 15 heavy (non-hydrogen) atoms. The number of nitrogens with zero attached hydrogens (tertiary/aromatic N) is 1. The molecule has 0 atom stereocenters. The summed E-state index contributed by atoms with van der Waals surface area (Å²) in [6.45, 7) is 3.95. The molecule has 1 aromatic carbocycles. The number of benzene rings is 1. The molecular formula is C12H11NO2. The van der Waals surface area contributed by atoms with Crippen molar-refractivity contribution >= 4 is 16.9 Å². The smallest absolute Gasteiger partial charge is 0.354 e. The fourth-order valence-corrected chi connectivity index (χ4v) is 1.72. The van der Waals surface area contributed by atoms with Crippen molar-refractivity contribution in [3.05, 3.63) is 41.1 Å². The molecule has 0 radical (unpaired) electrons. The minimum atomic E-state index is -0.989. The van der Waals surface area contributed by atoms with Crippen molar-refractivity contribution in [1.82, 2.24) is 4.98 Å². The summed E-state index contributed by atoms with van der Waals surface area (Å²) in [5.74, 6) is -0.989. The highest BCUT2D eigenvalue weighted by molar-refractivity contribution is 5.90. The van der Waals surface area contributed by atoms with Crippen molar-refractivity contribution in [3.63, 3.8) is 0 Å². The molecule has 0 aliphatic rings. The molecule has 1 heterocycles.